The zero-order valence-corrected chi connectivity index (χ0v) is 12.5. The van der Waals surface area contributed by atoms with Crippen molar-refractivity contribution in [2.45, 2.75) is 84.3 Å². The monoisotopic (exact) mass is 254 g/mol. The number of hydrogen-bond donors (Lipinski definition) is 2. The first-order valence-corrected chi connectivity index (χ1v) is 7.63. The lowest BCUT2D eigenvalue weighted by molar-refractivity contribution is -0.123. The topological polar surface area (TPSA) is 41.1 Å². The average Bonchev–Trinajstić information content (AvgIpc) is 2.38. The van der Waals surface area contributed by atoms with Gasteiger partial charge in [-0.05, 0) is 51.4 Å². The highest BCUT2D eigenvalue weighted by molar-refractivity contribution is 5.81. The molecule has 0 radical (unpaired) electrons. The third-order valence-corrected chi connectivity index (χ3v) is 4.23. The van der Waals surface area contributed by atoms with Crippen LogP contribution in [0.3, 0.4) is 0 Å². The summed E-state index contributed by atoms with van der Waals surface area (Å²) >= 11 is 0. The molecule has 0 aromatic heterocycles. The van der Waals surface area contributed by atoms with E-state index in [1.54, 1.807) is 0 Å². The fraction of sp³-hybridized carbons (Fsp3) is 0.933. The fourth-order valence-electron chi connectivity index (χ4n) is 2.67. The molecule has 0 bridgehead atoms. The minimum Gasteiger partial charge on any atom is -0.352 e. The van der Waals surface area contributed by atoms with Crippen molar-refractivity contribution < 1.29 is 4.79 Å². The molecule has 0 aliphatic heterocycles. The molecular formula is C15H30N2O. The van der Waals surface area contributed by atoms with Gasteiger partial charge in [0.15, 0.2) is 0 Å². The zero-order valence-electron chi connectivity index (χ0n) is 12.5. The standard InChI is InChI=1S/C15H30N2O/c1-5-13(6-2)17-15(18)12(4)16-14-9-7-11(3)8-10-14/h11-14,16H,5-10H2,1-4H3,(H,17,18). The SMILES string of the molecule is CCC(CC)NC(=O)C(C)NC1CCC(C)CC1. The number of hydrogen-bond acceptors (Lipinski definition) is 2. The number of nitrogens with one attached hydrogen (secondary N) is 2. The minimum atomic E-state index is -0.0657. The second-order valence-corrected chi connectivity index (χ2v) is 5.87. The number of rotatable bonds is 6. The molecule has 1 aliphatic carbocycles. The Kier molecular flexibility index (Phi) is 6.69. The van der Waals surface area contributed by atoms with Gasteiger partial charge in [-0.3, -0.25) is 4.79 Å². The van der Waals surface area contributed by atoms with Crippen LogP contribution in [0.4, 0.5) is 0 Å². The highest BCUT2D eigenvalue weighted by Crippen LogP contribution is 2.23. The maximum absolute atomic E-state index is 12.0. The van der Waals surface area contributed by atoms with Gasteiger partial charge >= 0.3 is 0 Å². The van der Waals surface area contributed by atoms with Gasteiger partial charge in [-0.25, -0.2) is 0 Å². The fourth-order valence-corrected chi connectivity index (χ4v) is 2.67. The van der Waals surface area contributed by atoms with E-state index < -0.39 is 0 Å². The molecule has 1 saturated carbocycles. The van der Waals surface area contributed by atoms with E-state index in [9.17, 15) is 4.79 Å². The van der Waals surface area contributed by atoms with Gasteiger partial charge in [0, 0.05) is 12.1 Å². The van der Waals surface area contributed by atoms with Crippen molar-refractivity contribution in [3.05, 3.63) is 0 Å². The summed E-state index contributed by atoms with van der Waals surface area (Å²) in [5, 5.41) is 6.59. The third-order valence-electron chi connectivity index (χ3n) is 4.23. The van der Waals surface area contributed by atoms with Crippen LogP contribution >= 0.6 is 0 Å². The molecule has 1 rings (SSSR count). The highest BCUT2D eigenvalue weighted by Gasteiger charge is 2.22. The van der Waals surface area contributed by atoms with Crippen LogP contribution in [-0.2, 0) is 4.79 Å². The summed E-state index contributed by atoms with van der Waals surface area (Å²) in [6.07, 6.45) is 7.02. The van der Waals surface area contributed by atoms with Crippen LogP contribution < -0.4 is 10.6 Å². The molecule has 3 heteroatoms. The Morgan fingerprint density at radius 1 is 1.17 bits per heavy atom. The van der Waals surface area contributed by atoms with E-state index in [-0.39, 0.29) is 11.9 Å². The summed E-state index contributed by atoms with van der Waals surface area (Å²) in [6.45, 7) is 8.54. The first-order valence-electron chi connectivity index (χ1n) is 7.63. The Bertz CT molecular complexity index is 243. The van der Waals surface area contributed by atoms with Crippen LogP contribution in [0.5, 0.6) is 0 Å². The molecule has 1 aliphatic rings. The van der Waals surface area contributed by atoms with Crippen LogP contribution in [0.1, 0.15) is 66.2 Å². The van der Waals surface area contributed by atoms with E-state index in [0.717, 1.165) is 18.8 Å². The average molecular weight is 254 g/mol. The third kappa shape index (κ3) is 4.97. The lowest BCUT2D eigenvalue weighted by Crippen LogP contribution is -2.49. The van der Waals surface area contributed by atoms with E-state index in [4.69, 9.17) is 0 Å². The van der Waals surface area contributed by atoms with Gasteiger partial charge in [-0.15, -0.1) is 0 Å². The lowest BCUT2D eigenvalue weighted by atomic mass is 9.87. The van der Waals surface area contributed by atoms with Gasteiger partial charge in [0.2, 0.25) is 5.91 Å². The molecule has 0 aromatic rings. The van der Waals surface area contributed by atoms with E-state index >= 15 is 0 Å². The second kappa shape index (κ2) is 7.78. The Hall–Kier alpha value is -0.570. The van der Waals surface area contributed by atoms with E-state index in [0.29, 0.717) is 12.1 Å². The van der Waals surface area contributed by atoms with Gasteiger partial charge in [0.05, 0.1) is 6.04 Å². The normalized spacial score (nSPS) is 26.1. The summed E-state index contributed by atoms with van der Waals surface area (Å²) in [5.74, 6) is 1.01. The molecule has 1 amide bonds. The highest BCUT2D eigenvalue weighted by atomic mass is 16.2. The van der Waals surface area contributed by atoms with Crippen LogP contribution in [0, 0.1) is 5.92 Å². The van der Waals surface area contributed by atoms with Crippen molar-refractivity contribution >= 4 is 5.91 Å². The Labute approximate surface area is 112 Å². The molecule has 18 heavy (non-hydrogen) atoms. The quantitative estimate of drug-likeness (QED) is 0.765. The van der Waals surface area contributed by atoms with Crippen LogP contribution in [0.2, 0.25) is 0 Å². The molecule has 0 saturated heterocycles. The predicted molar refractivity (Wildman–Crippen MR) is 76.5 cm³/mol. The van der Waals surface area contributed by atoms with Gasteiger partial charge in [0.1, 0.15) is 0 Å². The van der Waals surface area contributed by atoms with Crippen molar-refractivity contribution in [2.24, 2.45) is 5.92 Å². The van der Waals surface area contributed by atoms with E-state index in [1.807, 2.05) is 6.92 Å². The van der Waals surface area contributed by atoms with Gasteiger partial charge in [0.25, 0.3) is 0 Å². The number of amides is 1. The Morgan fingerprint density at radius 3 is 2.22 bits per heavy atom. The first-order chi connectivity index (χ1) is 8.56. The first kappa shape index (κ1) is 15.5. The Balaban J connectivity index is 2.31. The molecule has 0 spiro atoms. The number of carbonyl (C=O) groups is 1. The summed E-state index contributed by atoms with van der Waals surface area (Å²) in [7, 11) is 0. The second-order valence-electron chi connectivity index (χ2n) is 5.87. The minimum absolute atomic E-state index is 0.0657. The van der Waals surface area contributed by atoms with Crippen molar-refractivity contribution in [2.75, 3.05) is 0 Å². The molecule has 1 atom stereocenters. The van der Waals surface area contributed by atoms with Crippen molar-refractivity contribution in [3.8, 4) is 0 Å². The molecule has 0 heterocycles. The van der Waals surface area contributed by atoms with Gasteiger partial charge < -0.3 is 10.6 Å². The largest absolute Gasteiger partial charge is 0.352 e. The molecule has 0 aromatic carbocycles. The van der Waals surface area contributed by atoms with E-state index in [1.165, 1.54) is 25.7 Å². The lowest BCUT2D eigenvalue weighted by Gasteiger charge is -2.29. The van der Waals surface area contributed by atoms with Crippen molar-refractivity contribution in [1.82, 2.24) is 10.6 Å². The predicted octanol–water partition coefficient (Wildman–Crippen LogP) is 2.85. The zero-order chi connectivity index (χ0) is 13.5. The number of carbonyl (C=O) groups excluding carboxylic acids is 1. The van der Waals surface area contributed by atoms with Crippen molar-refractivity contribution in [3.63, 3.8) is 0 Å². The molecule has 2 N–H and O–H groups in total. The van der Waals surface area contributed by atoms with Gasteiger partial charge in [-0.2, -0.15) is 0 Å². The molecule has 1 unspecified atom stereocenters. The maximum atomic E-state index is 12.0. The Morgan fingerprint density at radius 2 is 1.72 bits per heavy atom. The summed E-state index contributed by atoms with van der Waals surface area (Å²) in [5.41, 5.74) is 0. The van der Waals surface area contributed by atoms with Crippen LogP contribution in [0.15, 0.2) is 0 Å². The molecule has 1 fully saturated rings. The molecule has 106 valence electrons. The smallest absolute Gasteiger partial charge is 0.237 e. The summed E-state index contributed by atoms with van der Waals surface area (Å²) < 4.78 is 0. The maximum Gasteiger partial charge on any atom is 0.237 e. The summed E-state index contributed by atoms with van der Waals surface area (Å²) in [4.78, 5) is 12.0. The van der Waals surface area contributed by atoms with Crippen molar-refractivity contribution in [1.29, 1.82) is 0 Å². The summed E-state index contributed by atoms with van der Waals surface area (Å²) in [6, 6.07) is 0.792. The van der Waals surface area contributed by atoms with Crippen LogP contribution in [-0.4, -0.2) is 24.0 Å². The molecule has 3 nitrogen and oxygen atoms in total. The van der Waals surface area contributed by atoms with E-state index in [2.05, 4.69) is 31.4 Å². The molecular weight excluding hydrogens is 224 g/mol. The van der Waals surface area contributed by atoms with Crippen LogP contribution in [0.25, 0.3) is 0 Å². The van der Waals surface area contributed by atoms with Gasteiger partial charge in [-0.1, -0.05) is 20.8 Å².